The zero-order valence-corrected chi connectivity index (χ0v) is 20.3. The first-order valence-electron chi connectivity index (χ1n) is 10.1. The fraction of sp³-hybridized carbons (Fsp3) is 0.650. The average molecular weight is 537 g/mol. The molecule has 1 heterocycles. The quantitative estimate of drug-likeness (QED) is 0.316. The summed E-state index contributed by atoms with van der Waals surface area (Å²) in [5.74, 6) is 2.55. The highest BCUT2D eigenvalue weighted by molar-refractivity contribution is 14.0. The fourth-order valence-electron chi connectivity index (χ4n) is 3.69. The largest absolute Gasteiger partial charge is 0.493 e. The lowest BCUT2D eigenvalue weighted by molar-refractivity contribution is 0.200. The first-order valence-corrected chi connectivity index (χ1v) is 11.9. The summed E-state index contributed by atoms with van der Waals surface area (Å²) in [6, 6.07) is 5.80. The molecule has 1 aliphatic heterocycles. The number of ether oxygens (including phenoxy) is 2. The average Bonchev–Trinajstić information content (AvgIpc) is 3.29. The summed E-state index contributed by atoms with van der Waals surface area (Å²) in [7, 11) is -1.27. The van der Waals surface area contributed by atoms with Gasteiger partial charge in [0, 0.05) is 12.6 Å². The first kappa shape index (κ1) is 24.0. The van der Waals surface area contributed by atoms with E-state index in [9.17, 15) is 8.42 Å². The molecule has 1 aromatic rings. The Bertz CT molecular complexity index is 795. The van der Waals surface area contributed by atoms with Crippen molar-refractivity contribution in [2.24, 2.45) is 4.99 Å². The van der Waals surface area contributed by atoms with Crippen LogP contribution in [0.4, 0.5) is 0 Å². The minimum atomic E-state index is -2.92. The monoisotopic (exact) mass is 537 g/mol. The van der Waals surface area contributed by atoms with Crippen molar-refractivity contribution in [2.45, 2.75) is 57.7 Å². The highest BCUT2D eigenvalue weighted by atomic mass is 127. The number of hydrogen-bond donors (Lipinski definition) is 2. The van der Waals surface area contributed by atoms with Gasteiger partial charge < -0.3 is 20.1 Å². The van der Waals surface area contributed by atoms with Crippen LogP contribution in [0, 0.1) is 0 Å². The summed E-state index contributed by atoms with van der Waals surface area (Å²) in [5.41, 5.74) is 1.02. The van der Waals surface area contributed by atoms with E-state index in [1.165, 1.54) is 12.8 Å². The number of hydrogen-bond acceptors (Lipinski definition) is 5. The van der Waals surface area contributed by atoms with Gasteiger partial charge in [-0.1, -0.05) is 6.07 Å². The maximum atomic E-state index is 11.7. The van der Waals surface area contributed by atoms with Crippen LogP contribution >= 0.6 is 24.0 Å². The van der Waals surface area contributed by atoms with E-state index < -0.39 is 9.84 Å². The number of methoxy groups -OCH3 is 1. The topological polar surface area (TPSA) is 89.0 Å². The Kier molecular flexibility index (Phi) is 9.32. The predicted molar refractivity (Wildman–Crippen MR) is 126 cm³/mol. The molecule has 0 radical (unpaired) electrons. The third-order valence-corrected chi connectivity index (χ3v) is 6.93. The standard InChI is InChI=1S/C20H31N3O4S.HI/c1-3-21-20(23-16-10-11-28(24,25)14-16)22-13-15-8-9-18(26-2)19(12-15)27-17-6-4-5-7-17;/h8-9,12,16-17H,3-7,10-11,13-14H2,1-2H3,(H2,21,22,23);1H. The van der Waals surface area contributed by atoms with Crippen molar-refractivity contribution in [3.05, 3.63) is 23.8 Å². The Labute approximate surface area is 191 Å². The van der Waals surface area contributed by atoms with Crippen LogP contribution in [-0.4, -0.2) is 51.7 Å². The molecule has 1 saturated heterocycles. The minimum Gasteiger partial charge on any atom is -0.493 e. The molecule has 2 fully saturated rings. The molecule has 1 saturated carbocycles. The Hall–Kier alpha value is -1.23. The second kappa shape index (κ2) is 11.2. The highest BCUT2D eigenvalue weighted by Gasteiger charge is 2.28. The molecular weight excluding hydrogens is 505 g/mol. The lowest BCUT2D eigenvalue weighted by Crippen LogP contribution is -2.44. The highest BCUT2D eigenvalue weighted by Crippen LogP contribution is 2.32. The smallest absolute Gasteiger partial charge is 0.191 e. The van der Waals surface area contributed by atoms with Crippen molar-refractivity contribution >= 4 is 39.8 Å². The number of nitrogens with zero attached hydrogens (tertiary/aromatic N) is 1. The number of aliphatic imine (C=N–C) groups is 1. The third kappa shape index (κ3) is 7.20. The molecule has 0 aromatic heterocycles. The molecule has 0 spiro atoms. The van der Waals surface area contributed by atoms with Crippen LogP contribution in [0.3, 0.4) is 0 Å². The maximum Gasteiger partial charge on any atom is 0.191 e. The number of nitrogens with one attached hydrogen (secondary N) is 2. The van der Waals surface area contributed by atoms with Crippen LogP contribution in [0.2, 0.25) is 0 Å². The van der Waals surface area contributed by atoms with Gasteiger partial charge in [0.1, 0.15) is 0 Å². The second-order valence-corrected chi connectivity index (χ2v) is 9.68. The summed E-state index contributed by atoms with van der Waals surface area (Å²) in [6.07, 6.45) is 5.48. The van der Waals surface area contributed by atoms with Crippen LogP contribution in [-0.2, 0) is 16.4 Å². The zero-order chi connectivity index (χ0) is 20.0. The predicted octanol–water partition coefficient (Wildman–Crippen LogP) is 2.88. The van der Waals surface area contributed by atoms with E-state index in [2.05, 4.69) is 15.6 Å². The normalized spacial score (nSPS) is 21.4. The number of guanidine groups is 1. The van der Waals surface area contributed by atoms with E-state index in [4.69, 9.17) is 9.47 Å². The summed E-state index contributed by atoms with van der Waals surface area (Å²) in [4.78, 5) is 4.63. The molecule has 164 valence electrons. The Morgan fingerprint density at radius 1 is 1.21 bits per heavy atom. The lowest BCUT2D eigenvalue weighted by atomic mass is 10.2. The van der Waals surface area contributed by atoms with Crippen molar-refractivity contribution in [3.63, 3.8) is 0 Å². The van der Waals surface area contributed by atoms with Crippen molar-refractivity contribution in [1.29, 1.82) is 0 Å². The van der Waals surface area contributed by atoms with Gasteiger partial charge in [-0.15, -0.1) is 24.0 Å². The molecular formula is C20H32IN3O4S. The van der Waals surface area contributed by atoms with Crippen LogP contribution < -0.4 is 20.1 Å². The van der Waals surface area contributed by atoms with Crippen molar-refractivity contribution in [2.75, 3.05) is 25.2 Å². The molecule has 29 heavy (non-hydrogen) atoms. The van der Waals surface area contributed by atoms with Crippen LogP contribution in [0.25, 0.3) is 0 Å². The van der Waals surface area contributed by atoms with Crippen LogP contribution in [0.15, 0.2) is 23.2 Å². The Morgan fingerprint density at radius 3 is 2.59 bits per heavy atom. The van der Waals surface area contributed by atoms with Gasteiger partial charge in [0.05, 0.1) is 31.3 Å². The SMILES string of the molecule is CCNC(=NCc1ccc(OC)c(OC2CCCC2)c1)NC1CCS(=O)(=O)C1.I. The maximum absolute atomic E-state index is 11.7. The van der Waals surface area contributed by atoms with E-state index in [0.29, 0.717) is 25.5 Å². The molecule has 0 amide bonds. The van der Waals surface area contributed by atoms with Gasteiger partial charge in [0.25, 0.3) is 0 Å². The molecule has 2 N–H and O–H groups in total. The summed E-state index contributed by atoms with van der Waals surface area (Å²) in [6.45, 7) is 3.17. The molecule has 7 nitrogen and oxygen atoms in total. The summed E-state index contributed by atoms with van der Waals surface area (Å²) < 4.78 is 34.9. The summed E-state index contributed by atoms with van der Waals surface area (Å²) >= 11 is 0. The van der Waals surface area contributed by atoms with Gasteiger partial charge >= 0.3 is 0 Å². The number of sulfone groups is 1. The first-order chi connectivity index (χ1) is 13.5. The number of benzene rings is 1. The van der Waals surface area contributed by atoms with E-state index >= 15 is 0 Å². The van der Waals surface area contributed by atoms with E-state index in [-0.39, 0.29) is 47.6 Å². The van der Waals surface area contributed by atoms with Gasteiger partial charge in [0.2, 0.25) is 0 Å². The van der Waals surface area contributed by atoms with Crippen molar-refractivity contribution < 1.29 is 17.9 Å². The van der Waals surface area contributed by atoms with Crippen LogP contribution in [0.5, 0.6) is 11.5 Å². The molecule has 1 aliphatic carbocycles. The van der Waals surface area contributed by atoms with Crippen LogP contribution in [0.1, 0.15) is 44.6 Å². The van der Waals surface area contributed by atoms with Gasteiger partial charge in [-0.25, -0.2) is 13.4 Å². The van der Waals surface area contributed by atoms with Gasteiger partial charge in [-0.05, 0) is 56.7 Å². The molecule has 9 heteroatoms. The van der Waals surface area contributed by atoms with E-state index in [0.717, 1.165) is 29.9 Å². The fourth-order valence-corrected chi connectivity index (χ4v) is 5.36. The molecule has 1 atom stereocenters. The van der Waals surface area contributed by atoms with Gasteiger partial charge in [0.15, 0.2) is 27.3 Å². The Balaban J connectivity index is 0.00000300. The number of rotatable bonds is 7. The molecule has 0 bridgehead atoms. The molecule has 1 aromatic carbocycles. The minimum absolute atomic E-state index is 0. The third-order valence-electron chi connectivity index (χ3n) is 5.16. The Morgan fingerprint density at radius 2 is 1.97 bits per heavy atom. The molecule has 2 aliphatic rings. The molecule has 1 unspecified atom stereocenters. The van der Waals surface area contributed by atoms with Gasteiger partial charge in [-0.3, -0.25) is 0 Å². The van der Waals surface area contributed by atoms with Crippen molar-refractivity contribution in [1.82, 2.24) is 10.6 Å². The van der Waals surface area contributed by atoms with Crippen molar-refractivity contribution in [3.8, 4) is 11.5 Å². The zero-order valence-electron chi connectivity index (χ0n) is 17.1. The summed E-state index contributed by atoms with van der Waals surface area (Å²) in [5, 5.41) is 6.43. The van der Waals surface area contributed by atoms with E-state index in [1.807, 2.05) is 25.1 Å². The lowest BCUT2D eigenvalue weighted by Gasteiger charge is -2.17. The van der Waals surface area contributed by atoms with E-state index in [1.54, 1.807) is 7.11 Å². The molecule has 3 rings (SSSR count). The second-order valence-electron chi connectivity index (χ2n) is 7.45. The van der Waals surface area contributed by atoms with Gasteiger partial charge in [-0.2, -0.15) is 0 Å². The number of halogens is 1.